The highest BCUT2D eigenvalue weighted by atomic mass is 35.5. The summed E-state index contributed by atoms with van der Waals surface area (Å²) in [5.74, 6) is 0.0591. The predicted octanol–water partition coefficient (Wildman–Crippen LogP) is -0.406. The summed E-state index contributed by atoms with van der Waals surface area (Å²) in [4.78, 5) is 13.5. The van der Waals surface area contributed by atoms with E-state index in [4.69, 9.17) is 10.5 Å². The number of nitrogens with zero attached hydrogens (tertiary/aromatic N) is 1. The van der Waals surface area contributed by atoms with Gasteiger partial charge in [0.05, 0.1) is 13.2 Å². The van der Waals surface area contributed by atoms with Crippen molar-refractivity contribution in [2.75, 3.05) is 39.4 Å². The Bertz CT molecular complexity index is 205. The molecule has 1 heterocycles. The van der Waals surface area contributed by atoms with E-state index in [0.717, 1.165) is 19.5 Å². The van der Waals surface area contributed by atoms with Gasteiger partial charge in [-0.1, -0.05) is 0 Å². The molecule has 0 unspecified atom stereocenters. The number of carbonyl (C=O) groups is 1. The number of hydrogen-bond donors (Lipinski definition) is 2. The van der Waals surface area contributed by atoms with Crippen LogP contribution in [0.25, 0.3) is 0 Å². The molecule has 6 heteroatoms. The smallest absolute Gasteiger partial charge is 0.234 e. The lowest BCUT2D eigenvalue weighted by Crippen LogP contribution is -2.38. The molecule has 1 atom stereocenters. The van der Waals surface area contributed by atoms with Crippen LogP contribution in [0.5, 0.6) is 0 Å². The van der Waals surface area contributed by atoms with Crippen molar-refractivity contribution in [1.82, 2.24) is 10.2 Å². The quantitative estimate of drug-likeness (QED) is 0.630. The summed E-state index contributed by atoms with van der Waals surface area (Å²) >= 11 is 0. The molecule has 0 spiro atoms. The zero-order valence-electron chi connectivity index (χ0n) is 9.78. The molecule has 0 aromatic heterocycles. The summed E-state index contributed by atoms with van der Waals surface area (Å²) in [6.07, 6.45) is 0.992. The minimum absolute atomic E-state index is 0. The lowest BCUT2D eigenvalue weighted by molar-refractivity contribution is -0.122. The molecule has 0 aromatic carbocycles. The standard InChI is InChI=1S/C10H21N3O2.ClH/c1-2-15-6-4-12-10(14)8-13-5-3-9(11)7-13;/h9H,2-8,11H2,1H3,(H,12,14);1H/t9-;/m0./s1. The Balaban J connectivity index is 0.00000225. The summed E-state index contributed by atoms with van der Waals surface area (Å²) in [7, 11) is 0. The van der Waals surface area contributed by atoms with Gasteiger partial charge in [-0.2, -0.15) is 0 Å². The van der Waals surface area contributed by atoms with Crippen molar-refractivity contribution in [2.45, 2.75) is 19.4 Å². The summed E-state index contributed by atoms with van der Waals surface area (Å²) in [5, 5.41) is 2.81. The summed E-state index contributed by atoms with van der Waals surface area (Å²) in [5.41, 5.74) is 5.75. The van der Waals surface area contributed by atoms with Gasteiger partial charge in [0.1, 0.15) is 0 Å². The van der Waals surface area contributed by atoms with E-state index < -0.39 is 0 Å². The van der Waals surface area contributed by atoms with Crippen LogP contribution < -0.4 is 11.1 Å². The van der Waals surface area contributed by atoms with Crippen molar-refractivity contribution >= 4 is 18.3 Å². The van der Waals surface area contributed by atoms with Crippen LogP contribution in [0.1, 0.15) is 13.3 Å². The van der Waals surface area contributed by atoms with E-state index in [1.54, 1.807) is 0 Å². The minimum atomic E-state index is 0. The van der Waals surface area contributed by atoms with Crippen molar-refractivity contribution in [3.63, 3.8) is 0 Å². The fourth-order valence-corrected chi connectivity index (χ4v) is 1.67. The molecular weight excluding hydrogens is 230 g/mol. The number of hydrogen-bond acceptors (Lipinski definition) is 4. The normalized spacial score (nSPS) is 20.5. The monoisotopic (exact) mass is 251 g/mol. The molecule has 3 N–H and O–H groups in total. The maximum atomic E-state index is 11.4. The molecule has 0 aliphatic carbocycles. The highest BCUT2D eigenvalue weighted by Crippen LogP contribution is 2.05. The highest BCUT2D eigenvalue weighted by Gasteiger charge is 2.20. The van der Waals surface area contributed by atoms with Crippen LogP contribution in [0.2, 0.25) is 0 Å². The zero-order valence-corrected chi connectivity index (χ0v) is 10.6. The topological polar surface area (TPSA) is 67.6 Å². The Labute approximate surface area is 103 Å². The van der Waals surface area contributed by atoms with Crippen LogP contribution in [0.15, 0.2) is 0 Å². The van der Waals surface area contributed by atoms with Crippen LogP contribution in [-0.4, -0.2) is 56.2 Å². The van der Waals surface area contributed by atoms with E-state index in [2.05, 4.69) is 10.2 Å². The third kappa shape index (κ3) is 6.27. The molecule has 96 valence electrons. The van der Waals surface area contributed by atoms with E-state index in [9.17, 15) is 4.79 Å². The molecule has 0 aromatic rings. The second-order valence-electron chi connectivity index (χ2n) is 3.83. The van der Waals surface area contributed by atoms with Gasteiger partial charge in [0.15, 0.2) is 0 Å². The van der Waals surface area contributed by atoms with Crippen molar-refractivity contribution in [3.8, 4) is 0 Å². The maximum absolute atomic E-state index is 11.4. The number of likely N-dealkylation sites (tertiary alicyclic amines) is 1. The highest BCUT2D eigenvalue weighted by molar-refractivity contribution is 5.85. The molecule has 1 aliphatic rings. The predicted molar refractivity (Wildman–Crippen MR) is 65.8 cm³/mol. The average Bonchev–Trinajstić information content (AvgIpc) is 2.59. The van der Waals surface area contributed by atoms with Crippen molar-refractivity contribution in [2.24, 2.45) is 5.73 Å². The van der Waals surface area contributed by atoms with E-state index in [0.29, 0.717) is 26.3 Å². The van der Waals surface area contributed by atoms with Gasteiger partial charge in [-0.05, 0) is 13.3 Å². The SMILES string of the molecule is CCOCCNC(=O)CN1CC[C@H](N)C1.Cl. The summed E-state index contributed by atoms with van der Waals surface area (Å²) in [6.45, 7) is 6.03. The van der Waals surface area contributed by atoms with Crippen molar-refractivity contribution < 1.29 is 9.53 Å². The van der Waals surface area contributed by atoms with Gasteiger partial charge in [-0.3, -0.25) is 9.69 Å². The van der Waals surface area contributed by atoms with E-state index in [1.807, 2.05) is 6.92 Å². The Kier molecular flexibility index (Phi) is 8.56. The first-order chi connectivity index (χ1) is 7.22. The first kappa shape index (κ1) is 15.6. The molecule has 0 radical (unpaired) electrons. The average molecular weight is 252 g/mol. The lowest BCUT2D eigenvalue weighted by Gasteiger charge is -2.14. The number of carbonyl (C=O) groups excluding carboxylic acids is 1. The third-order valence-corrected chi connectivity index (χ3v) is 2.45. The van der Waals surface area contributed by atoms with Gasteiger partial charge in [0.2, 0.25) is 5.91 Å². The van der Waals surface area contributed by atoms with Crippen LogP contribution >= 0.6 is 12.4 Å². The van der Waals surface area contributed by atoms with E-state index >= 15 is 0 Å². The molecule has 1 amide bonds. The second kappa shape index (κ2) is 8.75. The number of ether oxygens (including phenoxy) is 1. The van der Waals surface area contributed by atoms with Gasteiger partial charge in [-0.25, -0.2) is 0 Å². The number of halogens is 1. The molecule has 16 heavy (non-hydrogen) atoms. The number of nitrogens with two attached hydrogens (primary N) is 1. The molecule has 1 aliphatic heterocycles. The number of rotatable bonds is 6. The molecular formula is C10H22ClN3O2. The molecule has 0 bridgehead atoms. The fourth-order valence-electron chi connectivity index (χ4n) is 1.67. The van der Waals surface area contributed by atoms with Gasteiger partial charge in [0, 0.05) is 32.3 Å². The van der Waals surface area contributed by atoms with Gasteiger partial charge >= 0.3 is 0 Å². The van der Waals surface area contributed by atoms with Crippen LogP contribution in [0.3, 0.4) is 0 Å². The lowest BCUT2D eigenvalue weighted by atomic mass is 10.3. The van der Waals surface area contributed by atoms with Gasteiger partial charge in [0.25, 0.3) is 0 Å². The Hall–Kier alpha value is -0.360. The summed E-state index contributed by atoms with van der Waals surface area (Å²) in [6, 6.07) is 0.237. The van der Waals surface area contributed by atoms with Crippen LogP contribution in [0, 0.1) is 0 Å². The third-order valence-electron chi connectivity index (χ3n) is 2.45. The molecule has 1 rings (SSSR count). The second-order valence-corrected chi connectivity index (χ2v) is 3.83. The Morgan fingerprint density at radius 2 is 2.38 bits per heavy atom. The number of nitrogens with one attached hydrogen (secondary N) is 1. The number of amides is 1. The maximum Gasteiger partial charge on any atom is 0.234 e. The van der Waals surface area contributed by atoms with Crippen LogP contribution in [0.4, 0.5) is 0 Å². The zero-order chi connectivity index (χ0) is 11.1. The first-order valence-corrected chi connectivity index (χ1v) is 5.54. The fraction of sp³-hybridized carbons (Fsp3) is 0.900. The molecule has 1 fully saturated rings. The molecule has 5 nitrogen and oxygen atoms in total. The van der Waals surface area contributed by atoms with Crippen LogP contribution in [-0.2, 0) is 9.53 Å². The first-order valence-electron chi connectivity index (χ1n) is 5.54. The Morgan fingerprint density at radius 3 is 2.94 bits per heavy atom. The molecule has 0 saturated carbocycles. The largest absolute Gasteiger partial charge is 0.380 e. The Morgan fingerprint density at radius 1 is 1.62 bits per heavy atom. The van der Waals surface area contributed by atoms with Crippen molar-refractivity contribution in [1.29, 1.82) is 0 Å². The van der Waals surface area contributed by atoms with E-state index in [-0.39, 0.29) is 24.4 Å². The van der Waals surface area contributed by atoms with Gasteiger partial charge < -0.3 is 15.8 Å². The molecule has 1 saturated heterocycles. The van der Waals surface area contributed by atoms with Gasteiger partial charge in [-0.15, -0.1) is 12.4 Å². The minimum Gasteiger partial charge on any atom is -0.380 e. The van der Waals surface area contributed by atoms with Crippen molar-refractivity contribution in [3.05, 3.63) is 0 Å². The van der Waals surface area contributed by atoms with E-state index in [1.165, 1.54) is 0 Å². The summed E-state index contributed by atoms with van der Waals surface area (Å²) < 4.78 is 5.12.